The van der Waals surface area contributed by atoms with Crippen molar-refractivity contribution in [3.05, 3.63) is 92.7 Å². The van der Waals surface area contributed by atoms with Crippen molar-refractivity contribution in [2.24, 2.45) is 0 Å². The lowest BCUT2D eigenvalue weighted by Crippen LogP contribution is -2.29. The fourth-order valence-electron chi connectivity index (χ4n) is 3.56. The summed E-state index contributed by atoms with van der Waals surface area (Å²) in [5.74, 6) is -1.44. The van der Waals surface area contributed by atoms with Gasteiger partial charge in [-0.3, -0.25) is 14.5 Å². The van der Waals surface area contributed by atoms with E-state index in [9.17, 15) is 14.7 Å². The highest BCUT2D eigenvalue weighted by Crippen LogP contribution is 2.43. The molecule has 0 spiro atoms. The van der Waals surface area contributed by atoms with Gasteiger partial charge in [0.05, 0.1) is 5.57 Å². The molecule has 1 amide bonds. The summed E-state index contributed by atoms with van der Waals surface area (Å²) in [5, 5.41) is 12.9. The van der Waals surface area contributed by atoms with Gasteiger partial charge in [-0.25, -0.2) is 0 Å². The van der Waals surface area contributed by atoms with Crippen molar-refractivity contribution >= 4 is 34.5 Å². The van der Waals surface area contributed by atoms with E-state index in [1.807, 2.05) is 68.6 Å². The third-order valence-electron chi connectivity index (χ3n) is 5.35. The van der Waals surface area contributed by atoms with E-state index in [0.717, 1.165) is 21.6 Å². The molecular weight excluding hydrogens is 382 g/mol. The van der Waals surface area contributed by atoms with E-state index in [1.165, 1.54) is 16.2 Å². The first kappa shape index (κ1) is 19.2. The second-order valence-corrected chi connectivity index (χ2v) is 8.30. The minimum Gasteiger partial charge on any atom is -0.507 e. The molecule has 2 heterocycles. The van der Waals surface area contributed by atoms with Crippen LogP contribution < -0.4 is 4.90 Å². The summed E-state index contributed by atoms with van der Waals surface area (Å²) in [4.78, 5) is 28.4. The van der Waals surface area contributed by atoms with Gasteiger partial charge in [0.15, 0.2) is 0 Å². The predicted molar refractivity (Wildman–Crippen MR) is 116 cm³/mol. The van der Waals surface area contributed by atoms with Gasteiger partial charge < -0.3 is 5.11 Å². The van der Waals surface area contributed by atoms with E-state index >= 15 is 0 Å². The number of carbonyl (C=O) groups is 2. The highest BCUT2D eigenvalue weighted by molar-refractivity contribution is 7.10. The van der Waals surface area contributed by atoms with Gasteiger partial charge in [-0.1, -0.05) is 42.0 Å². The summed E-state index contributed by atoms with van der Waals surface area (Å²) in [6.07, 6.45) is 0. The van der Waals surface area contributed by atoms with Crippen LogP contribution in [0.3, 0.4) is 0 Å². The molecule has 2 aromatic carbocycles. The van der Waals surface area contributed by atoms with Crippen LogP contribution >= 0.6 is 11.3 Å². The lowest BCUT2D eigenvalue weighted by atomic mass is 9.99. The zero-order chi connectivity index (χ0) is 20.7. The summed E-state index contributed by atoms with van der Waals surface area (Å²) >= 11 is 1.46. The molecule has 1 aliphatic heterocycles. The lowest BCUT2D eigenvalue weighted by molar-refractivity contribution is -0.132. The smallest absolute Gasteiger partial charge is 0.300 e. The average molecular weight is 404 g/mol. The molecule has 1 N–H and O–H groups in total. The van der Waals surface area contributed by atoms with Gasteiger partial charge >= 0.3 is 0 Å². The molecule has 4 nitrogen and oxygen atoms in total. The Morgan fingerprint density at radius 1 is 0.966 bits per heavy atom. The Morgan fingerprint density at radius 3 is 2.31 bits per heavy atom. The number of thiophene rings is 1. The first-order valence-electron chi connectivity index (χ1n) is 9.37. The number of hydrogen-bond acceptors (Lipinski definition) is 4. The Balaban J connectivity index is 1.92. The number of carbonyl (C=O) groups excluding carboxylic acids is 2. The number of ketones is 1. The van der Waals surface area contributed by atoms with Gasteiger partial charge in [0.2, 0.25) is 0 Å². The first-order chi connectivity index (χ1) is 13.9. The summed E-state index contributed by atoms with van der Waals surface area (Å²) in [6.45, 7) is 5.93. The standard InChI is InChI=1S/C24H21NO3S/c1-14-6-9-17(10-7-14)22(26)20-21(19-5-4-12-29-19)25(24(28)23(20)27)18-11-8-15(2)16(3)13-18/h4-13,21,26H,1-3H3/b22-20-. The molecule has 1 unspecified atom stereocenters. The zero-order valence-corrected chi connectivity index (χ0v) is 17.3. The lowest BCUT2D eigenvalue weighted by Gasteiger charge is -2.24. The number of hydrogen-bond donors (Lipinski definition) is 1. The summed E-state index contributed by atoms with van der Waals surface area (Å²) in [5.41, 5.74) is 4.49. The molecule has 1 fully saturated rings. The van der Waals surface area contributed by atoms with Crippen LogP contribution in [0, 0.1) is 20.8 Å². The van der Waals surface area contributed by atoms with Crippen LogP contribution in [0.15, 0.2) is 65.6 Å². The third kappa shape index (κ3) is 3.28. The number of aliphatic hydroxyl groups excluding tert-OH is 1. The molecule has 1 atom stereocenters. The minimum atomic E-state index is -0.667. The van der Waals surface area contributed by atoms with Crippen LogP contribution in [-0.4, -0.2) is 16.8 Å². The fourth-order valence-corrected chi connectivity index (χ4v) is 4.38. The Kier molecular flexibility index (Phi) is 4.84. The van der Waals surface area contributed by atoms with Gasteiger partial charge in [-0.05, 0) is 55.5 Å². The van der Waals surface area contributed by atoms with E-state index in [0.29, 0.717) is 11.3 Å². The number of nitrogens with zero attached hydrogens (tertiary/aromatic N) is 1. The van der Waals surface area contributed by atoms with E-state index < -0.39 is 17.7 Å². The number of amides is 1. The number of benzene rings is 2. The maximum absolute atomic E-state index is 13.0. The molecular formula is C24H21NO3S. The number of aryl methyl sites for hydroxylation is 3. The highest BCUT2D eigenvalue weighted by Gasteiger charge is 2.47. The van der Waals surface area contributed by atoms with Gasteiger partial charge in [0.25, 0.3) is 11.7 Å². The van der Waals surface area contributed by atoms with Crippen molar-refractivity contribution in [1.82, 2.24) is 0 Å². The molecule has 29 heavy (non-hydrogen) atoms. The Morgan fingerprint density at radius 2 is 1.69 bits per heavy atom. The Hall–Kier alpha value is -3.18. The molecule has 1 saturated heterocycles. The van der Waals surface area contributed by atoms with E-state index in [-0.39, 0.29) is 11.3 Å². The van der Waals surface area contributed by atoms with Crippen LogP contribution in [0.5, 0.6) is 0 Å². The maximum Gasteiger partial charge on any atom is 0.300 e. The largest absolute Gasteiger partial charge is 0.507 e. The van der Waals surface area contributed by atoms with Crippen LogP contribution in [0.25, 0.3) is 5.76 Å². The van der Waals surface area contributed by atoms with Crippen LogP contribution in [-0.2, 0) is 9.59 Å². The molecule has 0 saturated carbocycles. The summed E-state index contributed by atoms with van der Waals surface area (Å²) in [6, 6.07) is 16.1. The third-order valence-corrected chi connectivity index (χ3v) is 6.28. The molecule has 0 bridgehead atoms. The molecule has 0 radical (unpaired) electrons. The van der Waals surface area contributed by atoms with Crippen molar-refractivity contribution < 1.29 is 14.7 Å². The molecule has 5 heteroatoms. The van der Waals surface area contributed by atoms with Crippen molar-refractivity contribution in [3.8, 4) is 0 Å². The van der Waals surface area contributed by atoms with Crippen molar-refractivity contribution in [3.63, 3.8) is 0 Å². The van der Waals surface area contributed by atoms with Gasteiger partial charge in [-0.2, -0.15) is 0 Å². The molecule has 146 valence electrons. The average Bonchev–Trinajstić information content (AvgIpc) is 3.32. The first-order valence-corrected chi connectivity index (χ1v) is 10.2. The highest BCUT2D eigenvalue weighted by atomic mass is 32.1. The zero-order valence-electron chi connectivity index (χ0n) is 16.5. The summed E-state index contributed by atoms with van der Waals surface area (Å²) in [7, 11) is 0. The van der Waals surface area contributed by atoms with Crippen molar-refractivity contribution in [2.75, 3.05) is 4.90 Å². The molecule has 1 aromatic heterocycles. The second-order valence-electron chi connectivity index (χ2n) is 7.32. The normalized spacial score (nSPS) is 18.4. The van der Waals surface area contributed by atoms with E-state index in [4.69, 9.17) is 0 Å². The number of anilines is 1. The molecule has 1 aliphatic rings. The van der Waals surface area contributed by atoms with E-state index in [2.05, 4.69) is 0 Å². The van der Waals surface area contributed by atoms with Crippen LogP contribution in [0.2, 0.25) is 0 Å². The van der Waals surface area contributed by atoms with E-state index in [1.54, 1.807) is 12.1 Å². The number of rotatable bonds is 3. The molecule has 4 rings (SSSR count). The van der Waals surface area contributed by atoms with Crippen molar-refractivity contribution in [1.29, 1.82) is 0 Å². The van der Waals surface area contributed by atoms with Crippen molar-refractivity contribution in [2.45, 2.75) is 26.8 Å². The SMILES string of the molecule is Cc1ccc(/C(O)=C2/C(=O)C(=O)N(c3ccc(C)c(C)c3)C2c2cccs2)cc1. The fraction of sp³-hybridized carbons (Fsp3) is 0.167. The van der Waals surface area contributed by atoms with Crippen LogP contribution in [0.4, 0.5) is 5.69 Å². The quantitative estimate of drug-likeness (QED) is 0.367. The second kappa shape index (κ2) is 7.33. The predicted octanol–water partition coefficient (Wildman–Crippen LogP) is 5.30. The topological polar surface area (TPSA) is 57.6 Å². The minimum absolute atomic E-state index is 0.125. The monoisotopic (exact) mass is 403 g/mol. The maximum atomic E-state index is 13.0. The Bertz CT molecular complexity index is 1130. The number of Topliss-reactive ketones (excluding diaryl/α,β-unsaturated/α-hetero) is 1. The number of aliphatic hydroxyl groups is 1. The van der Waals surface area contributed by atoms with Gasteiger partial charge in [-0.15, -0.1) is 11.3 Å². The molecule has 3 aromatic rings. The summed E-state index contributed by atoms with van der Waals surface area (Å²) < 4.78 is 0. The van der Waals surface area contributed by atoms with Gasteiger partial charge in [0.1, 0.15) is 11.8 Å². The molecule has 0 aliphatic carbocycles. The van der Waals surface area contributed by atoms with Crippen LogP contribution in [0.1, 0.15) is 33.2 Å². The Labute approximate surface area is 173 Å². The van der Waals surface area contributed by atoms with Gasteiger partial charge in [0, 0.05) is 16.1 Å².